The van der Waals surface area contributed by atoms with Crippen LogP contribution in [0.1, 0.15) is 61.9 Å². The molecule has 0 saturated heterocycles. The van der Waals surface area contributed by atoms with Gasteiger partial charge < -0.3 is 20.1 Å². The van der Waals surface area contributed by atoms with Crippen molar-refractivity contribution in [2.45, 2.75) is 71.7 Å². The third kappa shape index (κ3) is 7.68. The molecule has 2 atom stereocenters. The maximum absolute atomic E-state index is 13.6. The highest BCUT2D eigenvalue weighted by Crippen LogP contribution is 2.27. The number of tetrazole rings is 1. The fourth-order valence-electron chi connectivity index (χ4n) is 4.39. The fraction of sp³-hybridized carbons (Fsp3) is 0.500. The molecule has 39 heavy (non-hydrogen) atoms. The van der Waals surface area contributed by atoms with Crippen LogP contribution in [-0.2, 0) is 17.8 Å². The number of aryl methyl sites for hydroxylation is 1. The Morgan fingerprint density at radius 2 is 1.97 bits per heavy atom. The number of carbonyl (C=O) groups is 2. The van der Waals surface area contributed by atoms with Crippen LogP contribution >= 0.6 is 0 Å². The van der Waals surface area contributed by atoms with Gasteiger partial charge in [-0.1, -0.05) is 6.07 Å². The van der Waals surface area contributed by atoms with E-state index in [2.05, 4.69) is 36.0 Å². The number of aromatic nitrogens is 6. The molecule has 2 heterocycles. The first-order chi connectivity index (χ1) is 18.5. The molecule has 1 saturated carbocycles. The van der Waals surface area contributed by atoms with E-state index in [1.54, 1.807) is 13.0 Å². The summed E-state index contributed by atoms with van der Waals surface area (Å²) in [6.45, 7) is 7.87. The van der Waals surface area contributed by atoms with Crippen molar-refractivity contribution >= 4 is 12.0 Å². The summed E-state index contributed by atoms with van der Waals surface area (Å²) in [7, 11) is 1.38. The van der Waals surface area contributed by atoms with Crippen LogP contribution in [0.15, 0.2) is 24.3 Å². The third-order valence-corrected chi connectivity index (χ3v) is 6.10. The summed E-state index contributed by atoms with van der Waals surface area (Å²) in [6.07, 6.45) is 2.13. The van der Waals surface area contributed by atoms with Crippen molar-refractivity contribution < 1.29 is 23.5 Å². The van der Waals surface area contributed by atoms with Gasteiger partial charge in [0.2, 0.25) is 5.82 Å². The Bertz CT molecular complexity index is 1340. The van der Waals surface area contributed by atoms with E-state index in [0.29, 0.717) is 23.6 Å². The van der Waals surface area contributed by atoms with Crippen LogP contribution in [0.5, 0.6) is 5.75 Å². The molecule has 2 N–H and O–H groups in total. The molecule has 2 aromatic heterocycles. The number of benzene rings is 1. The van der Waals surface area contributed by atoms with E-state index >= 15 is 0 Å². The van der Waals surface area contributed by atoms with Crippen LogP contribution in [0.25, 0.3) is 11.5 Å². The molecular formula is C26H33FN8O4. The molecule has 208 valence electrons. The van der Waals surface area contributed by atoms with E-state index in [4.69, 9.17) is 9.47 Å². The number of nitrogens with one attached hydrogen (secondary N) is 2. The number of amides is 2. The molecule has 2 amide bonds. The number of carbonyl (C=O) groups excluding carboxylic acids is 2. The smallest absolute Gasteiger partial charge is 0.407 e. The van der Waals surface area contributed by atoms with Gasteiger partial charge in [-0.15, -0.1) is 10.2 Å². The van der Waals surface area contributed by atoms with Gasteiger partial charge in [0.1, 0.15) is 22.8 Å². The van der Waals surface area contributed by atoms with Crippen LogP contribution in [0.3, 0.4) is 0 Å². The minimum absolute atomic E-state index is 0.0365. The van der Waals surface area contributed by atoms with Crippen molar-refractivity contribution in [1.82, 2.24) is 40.8 Å². The van der Waals surface area contributed by atoms with Crippen molar-refractivity contribution in [2.75, 3.05) is 7.11 Å². The second-order valence-corrected chi connectivity index (χ2v) is 10.5. The maximum atomic E-state index is 13.6. The van der Waals surface area contributed by atoms with Crippen molar-refractivity contribution in [2.24, 2.45) is 5.92 Å². The Morgan fingerprint density at radius 3 is 2.72 bits per heavy atom. The molecule has 13 heteroatoms. The topological polar surface area (TPSA) is 146 Å². The number of hydrogen-bond acceptors (Lipinski definition) is 9. The van der Waals surface area contributed by atoms with E-state index in [1.807, 2.05) is 20.8 Å². The van der Waals surface area contributed by atoms with Crippen molar-refractivity contribution in [3.63, 3.8) is 0 Å². The summed E-state index contributed by atoms with van der Waals surface area (Å²) in [5.74, 6) is 0.124. The van der Waals surface area contributed by atoms with E-state index < -0.39 is 23.4 Å². The number of hydrogen-bond donors (Lipinski definition) is 2. The van der Waals surface area contributed by atoms with Gasteiger partial charge in [-0.05, 0) is 81.9 Å². The number of ether oxygens (including phenoxy) is 2. The highest BCUT2D eigenvalue weighted by Gasteiger charge is 2.28. The summed E-state index contributed by atoms with van der Waals surface area (Å²) >= 11 is 0. The molecule has 1 fully saturated rings. The lowest BCUT2D eigenvalue weighted by Gasteiger charge is -2.21. The minimum atomic E-state index is -0.542. The number of alkyl carbamates (subject to hydrolysis) is 1. The average Bonchev–Trinajstić information content (AvgIpc) is 3.51. The van der Waals surface area contributed by atoms with Crippen molar-refractivity contribution in [3.05, 3.63) is 47.2 Å². The van der Waals surface area contributed by atoms with Crippen molar-refractivity contribution in [3.8, 4) is 17.3 Å². The van der Waals surface area contributed by atoms with Crippen molar-refractivity contribution in [1.29, 1.82) is 0 Å². The molecule has 1 unspecified atom stereocenters. The zero-order valence-corrected chi connectivity index (χ0v) is 22.7. The lowest BCUT2D eigenvalue weighted by atomic mass is 10.1. The zero-order chi connectivity index (χ0) is 28.2. The Morgan fingerprint density at radius 1 is 1.18 bits per heavy atom. The lowest BCUT2D eigenvalue weighted by Crippen LogP contribution is -2.38. The van der Waals surface area contributed by atoms with Gasteiger partial charge in [-0.25, -0.2) is 19.2 Å². The molecule has 4 rings (SSSR count). The fourth-order valence-corrected chi connectivity index (χ4v) is 4.39. The van der Waals surface area contributed by atoms with Crippen LogP contribution in [0, 0.1) is 18.7 Å². The molecule has 1 aliphatic carbocycles. The first-order valence-electron chi connectivity index (χ1n) is 12.7. The molecular weight excluding hydrogens is 507 g/mol. The first-order valence-corrected chi connectivity index (χ1v) is 12.7. The zero-order valence-electron chi connectivity index (χ0n) is 22.7. The Kier molecular flexibility index (Phi) is 8.36. The SMILES string of the molecule is COc1cc(CNC(=O)c2cc(-c3nnn(CC4CC[C@@H](NC(=O)OC(C)(C)C)C4)n3)nc(C)n2)ccc1F. The number of methoxy groups -OCH3 is 1. The normalized spacial score (nSPS) is 17.1. The first kappa shape index (κ1) is 27.9. The quantitative estimate of drug-likeness (QED) is 0.440. The highest BCUT2D eigenvalue weighted by atomic mass is 19.1. The largest absolute Gasteiger partial charge is 0.494 e. The van der Waals surface area contributed by atoms with Gasteiger partial charge in [0, 0.05) is 12.6 Å². The summed E-state index contributed by atoms with van der Waals surface area (Å²) in [4.78, 5) is 35.0. The maximum Gasteiger partial charge on any atom is 0.407 e. The van der Waals surface area contributed by atoms with Crippen LogP contribution in [0.2, 0.25) is 0 Å². The van der Waals surface area contributed by atoms with E-state index in [-0.39, 0.29) is 35.8 Å². The predicted molar refractivity (Wildman–Crippen MR) is 138 cm³/mol. The molecule has 0 spiro atoms. The summed E-state index contributed by atoms with van der Waals surface area (Å²) in [5.41, 5.74) is 0.653. The summed E-state index contributed by atoms with van der Waals surface area (Å²) < 4.78 is 24.0. The van der Waals surface area contributed by atoms with Gasteiger partial charge in [-0.2, -0.15) is 4.80 Å². The number of rotatable bonds is 8. The molecule has 1 aliphatic rings. The average molecular weight is 541 g/mol. The van der Waals surface area contributed by atoms with Gasteiger partial charge >= 0.3 is 6.09 Å². The van der Waals surface area contributed by atoms with Gasteiger partial charge in [0.25, 0.3) is 5.91 Å². The second-order valence-electron chi connectivity index (χ2n) is 10.5. The van der Waals surface area contributed by atoms with E-state index in [9.17, 15) is 14.0 Å². The second kappa shape index (κ2) is 11.7. The third-order valence-electron chi connectivity index (χ3n) is 6.10. The molecule has 0 radical (unpaired) electrons. The number of halogens is 1. The monoisotopic (exact) mass is 540 g/mol. The molecule has 1 aromatic carbocycles. The molecule has 0 aliphatic heterocycles. The Hall–Kier alpha value is -4.16. The van der Waals surface area contributed by atoms with E-state index in [1.165, 1.54) is 30.1 Å². The summed E-state index contributed by atoms with van der Waals surface area (Å²) in [6, 6.07) is 5.91. The predicted octanol–water partition coefficient (Wildman–Crippen LogP) is 3.21. The van der Waals surface area contributed by atoms with E-state index in [0.717, 1.165) is 19.3 Å². The van der Waals surface area contributed by atoms with Crippen LogP contribution in [0.4, 0.5) is 9.18 Å². The Labute approximate surface area is 225 Å². The summed E-state index contributed by atoms with van der Waals surface area (Å²) in [5, 5.41) is 18.4. The number of nitrogens with zero attached hydrogens (tertiary/aromatic N) is 6. The van der Waals surface area contributed by atoms with Gasteiger partial charge in [-0.3, -0.25) is 4.79 Å². The lowest BCUT2D eigenvalue weighted by molar-refractivity contribution is 0.0504. The van der Waals surface area contributed by atoms with Gasteiger partial charge in [0.05, 0.1) is 13.7 Å². The minimum Gasteiger partial charge on any atom is -0.494 e. The highest BCUT2D eigenvalue weighted by molar-refractivity contribution is 5.93. The Balaban J connectivity index is 1.35. The van der Waals surface area contributed by atoms with Gasteiger partial charge in [0.15, 0.2) is 11.6 Å². The molecule has 12 nitrogen and oxygen atoms in total. The standard InChI is InChI=1S/C26H33FN8O4/c1-15-29-20(12-21(30-15)24(36)28-13-16-7-9-19(27)22(11-16)38-5)23-32-34-35(33-23)14-17-6-8-18(10-17)31-25(37)39-26(2,3)4/h7,9,11-12,17-18H,6,8,10,13-14H2,1-5H3,(H,28,36)(H,31,37)/t17?,18-/m1/s1. The molecule has 3 aromatic rings. The van der Waals surface area contributed by atoms with Crippen LogP contribution in [-0.4, -0.2) is 60.9 Å². The van der Waals surface area contributed by atoms with Crippen LogP contribution < -0.4 is 15.4 Å². The molecule has 0 bridgehead atoms.